The Kier molecular flexibility index (Phi) is 9.87. The summed E-state index contributed by atoms with van der Waals surface area (Å²) >= 11 is 0. The molecular formula is C68H47N. The molecule has 1 heteroatoms. The second-order valence-corrected chi connectivity index (χ2v) is 18.4. The minimum Gasteiger partial charge on any atom is -0.310 e. The molecule has 0 radical (unpaired) electrons. The van der Waals surface area contributed by atoms with Gasteiger partial charge in [-0.2, -0.15) is 0 Å². The molecule has 1 aliphatic carbocycles. The molecule has 0 spiro atoms. The van der Waals surface area contributed by atoms with Crippen LogP contribution in [-0.4, -0.2) is 0 Å². The fraction of sp³-hybridized carbons (Fsp3) is 0.0294. The average molecular weight is 878 g/mol. The van der Waals surface area contributed by atoms with Crippen molar-refractivity contribution in [1.29, 1.82) is 0 Å². The van der Waals surface area contributed by atoms with Gasteiger partial charge in [-0.3, -0.25) is 0 Å². The van der Waals surface area contributed by atoms with Crippen LogP contribution in [0.1, 0.15) is 33.4 Å². The van der Waals surface area contributed by atoms with Crippen LogP contribution in [-0.2, 0) is 11.8 Å². The number of hydrogen-bond acceptors (Lipinski definition) is 1. The van der Waals surface area contributed by atoms with Gasteiger partial charge < -0.3 is 4.90 Å². The minimum absolute atomic E-state index is 0.451. The predicted molar refractivity (Wildman–Crippen MR) is 291 cm³/mol. The Bertz CT molecular complexity index is 3800. The molecular weight excluding hydrogens is 831 g/mol. The molecule has 0 bridgehead atoms. The van der Waals surface area contributed by atoms with Crippen LogP contribution in [0.25, 0.3) is 65.7 Å². The number of rotatable bonds is 9. The maximum absolute atomic E-state index is 2.42. The molecule has 1 aliphatic rings. The van der Waals surface area contributed by atoms with Gasteiger partial charge in [-0.1, -0.05) is 231 Å². The van der Waals surface area contributed by atoms with Crippen LogP contribution in [0.15, 0.2) is 273 Å². The van der Waals surface area contributed by atoms with Crippen LogP contribution in [0.3, 0.4) is 0 Å². The maximum Gasteiger partial charge on any atom is 0.0713 e. The zero-order valence-electron chi connectivity index (χ0n) is 38.1. The highest BCUT2D eigenvalue weighted by Gasteiger charge is 2.46. The summed E-state index contributed by atoms with van der Waals surface area (Å²) in [5, 5.41) is 7.61. The van der Waals surface area contributed by atoms with Crippen molar-refractivity contribution in [2.75, 3.05) is 4.90 Å². The van der Waals surface area contributed by atoms with Crippen LogP contribution in [0.4, 0.5) is 17.1 Å². The number of nitrogens with zero attached hydrogens (tertiary/aromatic N) is 1. The molecule has 324 valence electrons. The van der Waals surface area contributed by atoms with Gasteiger partial charge in [0, 0.05) is 17.1 Å². The van der Waals surface area contributed by atoms with E-state index in [2.05, 4.69) is 278 Å². The predicted octanol–water partition coefficient (Wildman–Crippen LogP) is 17.9. The van der Waals surface area contributed by atoms with Crippen molar-refractivity contribution in [3.8, 4) is 33.4 Å². The highest BCUT2D eigenvalue weighted by Crippen LogP contribution is 2.57. The molecule has 0 fully saturated rings. The third-order valence-corrected chi connectivity index (χ3v) is 14.6. The highest BCUT2D eigenvalue weighted by atomic mass is 15.1. The van der Waals surface area contributed by atoms with Crippen molar-refractivity contribution < 1.29 is 0 Å². The molecule has 1 nitrogen and oxygen atoms in total. The van der Waals surface area contributed by atoms with E-state index in [1.165, 1.54) is 99.1 Å². The summed E-state index contributed by atoms with van der Waals surface area (Å²) in [5.41, 5.74) is 18.0. The molecule has 13 rings (SSSR count). The SMILES string of the molecule is c1ccc(Cc2cc3ccc(-c4ccc(-c5ccc(N(c6ccc7c(c6)-c6ccccc6C7(c6ccccc6)c6ccccc6)c6ccc7ccccc7c6)cc5)cc4)cc3c3ccccc23)cc1. The van der Waals surface area contributed by atoms with Crippen molar-refractivity contribution in [2.24, 2.45) is 0 Å². The van der Waals surface area contributed by atoms with Crippen LogP contribution in [0.2, 0.25) is 0 Å². The molecule has 0 unspecified atom stereocenters. The first-order chi connectivity index (χ1) is 34.2. The van der Waals surface area contributed by atoms with E-state index < -0.39 is 5.41 Å². The summed E-state index contributed by atoms with van der Waals surface area (Å²) in [6.45, 7) is 0. The lowest BCUT2D eigenvalue weighted by molar-refractivity contribution is 0.768. The van der Waals surface area contributed by atoms with Gasteiger partial charge in [-0.25, -0.2) is 0 Å². The van der Waals surface area contributed by atoms with Crippen LogP contribution in [0, 0.1) is 0 Å². The van der Waals surface area contributed by atoms with Gasteiger partial charge in [0.1, 0.15) is 0 Å². The Labute approximate surface area is 403 Å². The second-order valence-electron chi connectivity index (χ2n) is 18.4. The van der Waals surface area contributed by atoms with Crippen molar-refractivity contribution in [1.82, 2.24) is 0 Å². The largest absolute Gasteiger partial charge is 0.310 e. The summed E-state index contributed by atoms with van der Waals surface area (Å²) in [4.78, 5) is 2.42. The first-order valence-corrected chi connectivity index (χ1v) is 24.0. The maximum atomic E-state index is 2.42. The number of anilines is 3. The van der Waals surface area contributed by atoms with Gasteiger partial charge in [0.05, 0.1) is 5.41 Å². The topological polar surface area (TPSA) is 3.24 Å². The summed E-state index contributed by atoms with van der Waals surface area (Å²) in [6, 6.07) is 101. The summed E-state index contributed by atoms with van der Waals surface area (Å²) in [6.07, 6.45) is 0.914. The molecule has 69 heavy (non-hydrogen) atoms. The fourth-order valence-electron chi connectivity index (χ4n) is 11.3. The molecule has 0 aromatic heterocycles. The normalized spacial score (nSPS) is 12.5. The molecule has 0 atom stereocenters. The number of fused-ring (bicyclic) bond motifs is 7. The third-order valence-electron chi connectivity index (χ3n) is 14.6. The van der Waals surface area contributed by atoms with Crippen LogP contribution < -0.4 is 4.90 Å². The lowest BCUT2D eigenvalue weighted by atomic mass is 9.68. The fourth-order valence-corrected chi connectivity index (χ4v) is 11.3. The standard InChI is InChI=1S/C68H47N/c1-4-16-47(17-5-1)42-55-43-54-33-32-53(45-64(54)62-25-13-12-24-61(55)62)51-30-28-49(29-31-51)50-34-37-58(38-35-50)69(59-39-36-48-18-10-11-19-52(48)44-59)60-40-41-67-65(46-60)63-26-14-15-27-66(63)68(67,56-20-6-2-7-21-56)57-22-8-3-9-23-57/h1-41,43-46H,42H2. The quantitative estimate of drug-likeness (QED) is 0.131. The van der Waals surface area contributed by atoms with Crippen molar-refractivity contribution in [2.45, 2.75) is 11.8 Å². The third kappa shape index (κ3) is 6.93. The van der Waals surface area contributed by atoms with Gasteiger partial charge in [-0.15, -0.1) is 0 Å². The summed E-state index contributed by atoms with van der Waals surface area (Å²) in [5.74, 6) is 0. The lowest BCUT2D eigenvalue weighted by Gasteiger charge is -2.34. The molecule has 0 saturated heterocycles. The Morgan fingerprint density at radius 1 is 0.290 bits per heavy atom. The van der Waals surface area contributed by atoms with Crippen molar-refractivity contribution >= 4 is 49.4 Å². The van der Waals surface area contributed by atoms with Crippen molar-refractivity contribution in [3.05, 3.63) is 306 Å². The van der Waals surface area contributed by atoms with Gasteiger partial charge in [-0.05, 0) is 148 Å². The van der Waals surface area contributed by atoms with E-state index in [1.807, 2.05) is 0 Å². The minimum atomic E-state index is -0.451. The van der Waals surface area contributed by atoms with Gasteiger partial charge in [0.2, 0.25) is 0 Å². The second kappa shape index (κ2) is 16.8. The van der Waals surface area contributed by atoms with E-state index in [0.717, 1.165) is 23.5 Å². The first kappa shape index (κ1) is 40.5. The number of benzene rings is 12. The zero-order chi connectivity index (χ0) is 45.7. The average Bonchev–Trinajstić information content (AvgIpc) is 3.72. The van der Waals surface area contributed by atoms with E-state index in [1.54, 1.807) is 0 Å². The molecule has 0 heterocycles. The molecule has 0 saturated carbocycles. The zero-order valence-corrected chi connectivity index (χ0v) is 38.1. The van der Waals surface area contributed by atoms with E-state index in [4.69, 9.17) is 0 Å². The van der Waals surface area contributed by atoms with E-state index in [-0.39, 0.29) is 0 Å². The monoisotopic (exact) mass is 877 g/mol. The van der Waals surface area contributed by atoms with Gasteiger partial charge in [0.25, 0.3) is 0 Å². The van der Waals surface area contributed by atoms with E-state index >= 15 is 0 Å². The van der Waals surface area contributed by atoms with Crippen molar-refractivity contribution in [3.63, 3.8) is 0 Å². The highest BCUT2D eigenvalue weighted by molar-refractivity contribution is 6.10. The lowest BCUT2D eigenvalue weighted by Crippen LogP contribution is -2.28. The molecule has 0 aliphatic heterocycles. The van der Waals surface area contributed by atoms with Crippen LogP contribution in [0.5, 0.6) is 0 Å². The Morgan fingerprint density at radius 3 is 1.52 bits per heavy atom. The summed E-state index contributed by atoms with van der Waals surface area (Å²) < 4.78 is 0. The molecule has 12 aromatic carbocycles. The summed E-state index contributed by atoms with van der Waals surface area (Å²) in [7, 11) is 0. The Balaban J connectivity index is 0.868. The smallest absolute Gasteiger partial charge is 0.0713 e. The van der Waals surface area contributed by atoms with Crippen LogP contribution >= 0.6 is 0 Å². The molecule has 12 aromatic rings. The van der Waals surface area contributed by atoms with Gasteiger partial charge in [0.15, 0.2) is 0 Å². The number of hydrogen-bond donors (Lipinski definition) is 0. The molecule has 0 amide bonds. The Hall–Kier alpha value is -8.78. The Morgan fingerprint density at radius 2 is 0.797 bits per heavy atom. The van der Waals surface area contributed by atoms with E-state index in [0.29, 0.717) is 0 Å². The van der Waals surface area contributed by atoms with E-state index in [9.17, 15) is 0 Å². The molecule has 0 N–H and O–H groups in total. The first-order valence-electron chi connectivity index (χ1n) is 24.0. The van der Waals surface area contributed by atoms with Gasteiger partial charge >= 0.3 is 0 Å².